The van der Waals surface area contributed by atoms with Crippen LogP contribution in [0.2, 0.25) is 0 Å². The minimum Gasteiger partial charge on any atom is -0.377 e. The van der Waals surface area contributed by atoms with Crippen molar-refractivity contribution in [2.75, 3.05) is 0 Å². The van der Waals surface area contributed by atoms with Gasteiger partial charge in [-0.3, -0.25) is 0 Å². The fraction of sp³-hybridized carbons (Fsp3) is 0.0909. The average molecular weight is 497 g/mol. The number of aliphatic hydroxyl groups is 1. The number of hydrogen-bond donors (Lipinski definition) is 1. The summed E-state index contributed by atoms with van der Waals surface area (Å²) in [6.07, 6.45) is -1.04. The molecule has 6 aromatic rings. The van der Waals surface area contributed by atoms with Gasteiger partial charge in [0, 0.05) is 36.3 Å². The number of aromatic nitrogens is 4. The van der Waals surface area contributed by atoms with Crippen molar-refractivity contribution in [1.29, 1.82) is 0 Å². The molecule has 38 heavy (non-hydrogen) atoms. The van der Waals surface area contributed by atoms with Crippen LogP contribution in [0.4, 0.5) is 0 Å². The van der Waals surface area contributed by atoms with Gasteiger partial charge in [-0.05, 0) is 0 Å². The predicted octanol–water partition coefficient (Wildman–Crippen LogP) is 6.90. The first-order valence-electron chi connectivity index (χ1n) is 12.7. The highest BCUT2D eigenvalue weighted by atomic mass is 16.3. The topological polar surface area (TPSA) is 55.9 Å². The molecule has 0 aliphatic carbocycles. The van der Waals surface area contributed by atoms with E-state index >= 15 is 0 Å². The summed E-state index contributed by atoms with van der Waals surface area (Å²) in [5.41, 5.74) is 7.62. The lowest BCUT2D eigenvalue weighted by Crippen LogP contribution is -2.13. The van der Waals surface area contributed by atoms with Crippen molar-refractivity contribution in [3.8, 4) is 45.0 Å². The van der Waals surface area contributed by atoms with Crippen LogP contribution >= 0.6 is 0 Å². The molecule has 0 saturated carbocycles. The van der Waals surface area contributed by atoms with Crippen molar-refractivity contribution >= 4 is 0 Å². The molecule has 4 aromatic carbocycles. The largest absolute Gasteiger partial charge is 0.377 e. The number of hydrogen-bond acceptors (Lipinski definition) is 3. The van der Waals surface area contributed by atoms with Crippen LogP contribution < -0.4 is 0 Å². The van der Waals surface area contributed by atoms with Gasteiger partial charge in [0.05, 0.1) is 22.8 Å². The van der Waals surface area contributed by atoms with E-state index < -0.39 is 6.10 Å². The molecule has 0 aliphatic rings. The number of imidazole rings is 2. The van der Waals surface area contributed by atoms with Gasteiger partial charge in [-0.2, -0.15) is 0 Å². The molecule has 0 spiro atoms. The number of nitrogens with zero attached hydrogens (tertiary/aromatic N) is 4. The van der Waals surface area contributed by atoms with Crippen LogP contribution in [0.3, 0.4) is 0 Å². The van der Waals surface area contributed by atoms with E-state index in [9.17, 15) is 5.11 Å². The summed E-state index contributed by atoms with van der Waals surface area (Å²) < 4.78 is 3.97. The van der Waals surface area contributed by atoms with Gasteiger partial charge in [0.1, 0.15) is 11.6 Å². The summed E-state index contributed by atoms with van der Waals surface area (Å²) in [5.74, 6) is 1.07. The summed E-state index contributed by atoms with van der Waals surface area (Å²) >= 11 is 0. The molecule has 2 heterocycles. The highest BCUT2D eigenvalue weighted by Gasteiger charge is 2.29. The van der Waals surface area contributed by atoms with Crippen molar-refractivity contribution in [2.45, 2.75) is 6.10 Å². The molecule has 0 amide bonds. The molecule has 186 valence electrons. The molecule has 0 radical (unpaired) electrons. The molecule has 0 fully saturated rings. The standard InChI is InChI=1S/C33H28N4O/c1-36-29(25-19-11-5-12-20-25)27(23-15-7-3-8-16-23)34-32(36)31(38)33-35-28(24-17-9-4-10-18-24)30(37(33)2)26-21-13-6-14-22-26/h3-22,31,38H,1-2H3. The Labute approximate surface area is 222 Å². The van der Waals surface area contributed by atoms with E-state index in [2.05, 4.69) is 24.3 Å². The van der Waals surface area contributed by atoms with E-state index in [0.29, 0.717) is 11.6 Å². The molecule has 0 atom stereocenters. The minimum absolute atomic E-state index is 0.537. The van der Waals surface area contributed by atoms with Crippen LogP contribution in [0.5, 0.6) is 0 Å². The SMILES string of the molecule is Cn1c(C(O)c2nc(-c3ccccc3)c(-c3ccccc3)n2C)nc(-c2ccccc2)c1-c1ccccc1. The lowest BCUT2D eigenvalue weighted by molar-refractivity contribution is 0.193. The second-order valence-corrected chi connectivity index (χ2v) is 9.32. The summed E-state index contributed by atoms with van der Waals surface area (Å²) in [4.78, 5) is 10.0. The zero-order chi connectivity index (χ0) is 26.1. The van der Waals surface area contributed by atoms with E-state index in [1.807, 2.05) is 120 Å². The third-order valence-corrected chi connectivity index (χ3v) is 6.94. The Kier molecular flexibility index (Phi) is 6.20. The average Bonchev–Trinajstić information content (AvgIpc) is 3.51. The van der Waals surface area contributed by atoms with Gasteiger partial charge in [0.2, 0.25) is 0 Å². The molecule has 1 N–H and O–H groups in total. The van der Waals surface area contributed by atoms with E-state index in [-0.39, 0.29) is 0 Å². The van der Waals surface area contributed by atoms with Crippen molar-refractivity contribution in [3.05, 3.63) is 133 Å². The van der Waals surface area contributed by atoms with Gasteiger partial charge in [-0.25, -0.2) is 9.97 Å². The Bertz CT molecular complexity index is 1540. The van der Waals surface area contributed by atoms with E-state index in [0.717, 1.165) is 45.0 Å². The Morgan fingerprint density at radius 3 is 1.08 bits per heavy atom. The van der Waals surface area contributed by atoms with Gasteiger partial charge in [-0.1, -0.05) is 121 Å². The summed E-state index contributed by atoms with van der Waals surface area (Å²) in [7, 11) is 3.92. The van der Waals surface area contributed by atoms with Gasteiger partial charge >= 0.3 is 0 Å². The van der Waals surface area contributed by atoms with Crippen LogP contribution in [-0.4, -0.2) is 24.2 Å². The maximum atomic E-state index is 11.9. The van der Waals surface area contributed by atoms with Crippen LogP contribution in [-0.2, 0) is 14.1 Å². The zero-order valence-electron chi connectivity index (χ0n) is 21.4. The van der Waals surface area contributed by atoms with Gasteiger partial charge in [0.25, 0.3) is 0 Å². The molecule has 6 rings (SSSR count). The number of benzene rings is 4. The lowest BCUT2D eigenvalue weighted by Gasteiger charge is -2.13. The highest BCUT2D eigenvalue weighted by Crippen LogP contribution is 2.38. The first-order chi connectivity index (χ1) is 18.6. The molecular formula is C33H28N4O. The molecule has 5 heteroatoms. The normalized spacial score (nSPS) is 11.3. The molecule has 0 saturated heterocycles. The second-order valence-electron chi connectivity index (χ2n) is 9.32. The number of aliphatic hydroxyl groups excluding tert-OH is 1. The van der Waals surface area contributed by atoms with E-state index in [1.165, 1.54) is 0 Å². The van der Waals surface area contributed by atoms with Gasteiger partial charge < -0.3 is 14.2 Å². The molecule has 2 aromatic heterocycles. The van der Waals surface area contributed by atoms with Crippen LogP contribution in [0.1, 0.15) is 17.8 Å². The molecular weight excluding hydrogens is 468 g/mol. The second kappa shape index (κ2) is 9.96. The summed E-state index contributed by atoms with van der Waals surface area (Å²) in [5, 5.41) is 11.9. The summed E-state index contributed by atoms with van der Waals surface area (Å²) in [6.45, 7) is 0. The third-order valence-electron chi connectivity index (χ3n) is 6.94. The van der Waals surface area contributed by atoms with E-state index in [1.54, 1.807) is 0 Å². The molecule has 5 nitrogen and oxygen atoms in total. The molecule has 0 aliphatic heterocycles. The quantitative estimate of drug-likeness (QED) is 0.273. The van der Waals surface area contributed by atoms with Crippen molar-refractivity contribution in [3.63, 3.8) is 0 Å². The maximum absolute atomic E-state index is 11.9. The van der Waals surface area contributed by atoms with Crippen LogP contribution in [0.25, 0.3) is 45.0 Å². The monoisotopic (exact) mass is 496 g/mol. The molecule has 0 bridgehead atoms. The minimum atomic E-state index is -1.04. The van der Waals surface area contributed by atoms with Crippen molar-refractivity contribution in [1.82, 2.24) is 19.1 Å². The van der Waals surface area contributed by atoms with Crippen LogP contribution in [0.15, 0.2) is 121 Å². The first-order valence-corrected chi connectivity index (χ1v) is 12.7. The Hall–Kier alpha value is -4.74. The highest BCUT2D eigenvalue weighted by molar-refractivity contribution is 5.80. The lowest BCUT2D eigenvalue weighted by atomic mass is 10.1. The Morgan fingerprint density at radius 2 is 0.763 bits per heavy atom. The van der Waals surface area contributed by atoms with Crippen molar-refractivity contribution in [2.24, 2.45) is 14.1 Å². The predicted molar refractivity (Wildman–Crippen MR) is 152 cm³/mol. The number of rotatable bonds is 6. The van der Waals surface area contributed by atoms with Gasteiger partial charge in [0.15, 0.2) is 6.10 Å². The first kappa shape index (κ1) is 23.6. The molecule has 0 unspecified atom stereocenters. The summed E-state index contributed by atoms with van der Waals surface area (Å²) in [6, 6.07) is 40.6. The van der Waals surface area contributed by atoms with E-state index in [4.69, 9.17) is 9.97 Å². The van der Waals surface area contributed by atoms with Crippen LogP contribution in [0, 0.1) is 0 Å². The van der Waals surface area contributed by atoms with Crippen molar-refractivity contribution < 1.29 is 5.11 Å². The third kappa shape index (κ3) is 4.13. The Morgan fingerprint density at radius 1 is 0.474 bits per heavy atom. The maximum Gasteiger partial charge on any atom is 0.169 e. The smallest absolute Gasteiger partial charge is 0.169 e. The Balaban J connectivity index is 1.54. The zero-order valence-corrected chi connectivity index (χ0v) is 21.4. The van der Waals surface area contributed by atoms with Gasteiger partial charge in [-0.15, -0.1) is 0 Å². The fourth-order valence-electron chi connectivity index (χ4n) is 5.08. The fourth-order valence-corrected chi connectivity index (χ4v) is 5.08.